The number of aromatic nitrogens is 2. The van der Waals surface area contributed by atoms with Gasteiger partial charge in [-0.25, -0.2) is 4.98 Å². The molecule has 1 aliphatic rings. The fourth-order valence-electron chi connectivity index (χ4n) is 2.16. The second kappa shape index (κ2) is 4.04. The molecule has 1 aromatic heterocycles. The van der Waals surface area contributed by atoms with Gasteiger partial charge in [-0.05, 0) is 12.8 Å². The van der Waals surface area contributed by atoms with Gasteiger partial charge in [0.2, 0.25) is 0 Å². The molecule has 0 saturated carbocycles. The summed E-state index contributed by atoms with van der Waals surface area (Å²) >= 11 is 0. The van der Waals surface area contributed by atoms with E-state index in [1.54, 1.807) is 6.33 Å². The molecule has 0 unspecified atom stereocenters. The number of carbonyl (C=O) groups is 1. The van der Waals surface area contributed by atoms with Crippen LogP contribution >= 0.6 is 0 Å². The van der Waals surface area contributed by atoms with Crippen LogP contribution < -0.4 is 0 Å². The zero-order valence-electron chi connectivity index (χ0n) is 9.14. The summed E-state index contributed by atoms with van der Waals surface area (Å²) in [4.78, 5) is 15.5. The molecule has 4 nitrogen and oxygen atoms in total. The summed E-state index contributed by atoms with van der Waals surface area (Å²) in [7, 11) is 1.97. The van der Waals surface area contributed by atoms with Crippen LogP contribution in [0.1, 0.15) is 19.0 Å². The Morgan fingerprint density at radius 3 is 3.07 bits per heavy atom. The van der Waals surface area contributed by atoms with Crippen LogP contribution in [0.4, 0.5) is 0 Å². The monoisotopic (exact) mass is 208 g/mol. The third kappa shape index (κ3) is 1.89. The smallest absolute Gasteiger partial charge is 0.309 e. The van der Waals surface area contributed by atoms with Crippen molar-refractivity contribution in [3.8, 4) is 0 Å². The Morgan fingerprint density at radius 2 is 2.47 bits per heavy atom. The number of nitrogens with zero attached hydrogens (tertiary/aromatic N) is 2. The molecule has 0 aromatic carbocycles. The van der Waals surface area contributed by atoms with Crippen molar-refractivity contribution in [3.05, 3.63) is 18.2 Å². The lowest BCUT2D eigenvalue weighted by Crippen LogP contribution is -2.18. The lowest BCUT2D eigenvalue weighted by atomic mass is 9.89. The highest BCUT2D eigenvalue weighted by Gasteiger charge is 2.35. The lowest BCUT2D eigenvalue weighted by molar-refractivity contribution is -0.141. The van der Waals surface area contributed by atoms with Crippen molar-refractivity contribution in [3.63, 3.8) is 0 Å². The molecule has 0 bridgehead atoms. The molecule has 1 saturated heterocycles. The Hall–Kier alpha value is -1.32. The van der Waals surface area contributed by atoms with Crippen LogP contribution in [-0.4, -0.2) is 22.1 Å². The second-order valence-electron chi connectivity index (χ2n) is 4.10. The van der Waals surface area contributed by atoms with E-state index in [4.69, 9.17) is 4.74 Å². The summed E-state index contributed by atoms with van der Waals surface area (Å²) in [6.07, 6.45) is 5.38. The maximum atomic E-state index is 11.4. The van der Waals surface area contributed by atoms with E-state index in [0.717, 1.165) is 18.5 Å². The van der Waals surface area contributed by atoms with Gasteiger partial charge in [-0.2, -0.15) is 0 Å². The SMILES string of the molecule is CC[C@@H]1C(=O)OC[C@H]1Cc1cncn1C. The molecule has 2 rings (SSSR count). The van der Waals surface area contributed by atoms with Gasteiger partial charge in [0, 0.05) is 24.9 Å². The number of ether oxygens (including phenoxy) is 1. The van der Waals surface area contributed by atoms with E-state index in [0.29, 0.717) is 12.5 Å². The zero-order chi connectivity index (χ0) is 10.8. The van der Waals surface area contributed by atoms with E-state index in [9.17, 15) is 4.79 Å². The number of imidazole rings is 1. The number of hydrogen-bond donors (Lipinski definition) is 0. The Morgan fingerprint density at radius 1 is 1.67 bits per heavy atom. The molecule has 0 amide bonds. The summed E-state index contributed by atoms with van der Waals surface area (Å²) in [5.74, 6) is 0.350. The first-order chi connectivity index (χ1) is 7.22. The molecular weight excluding hydrogens is 192 g/mol. The molecule has 82 valence electrons. The number of carbonyl (C=O) groups excluding carboxylic acids is 1. The number of rotatable bonds is 3. The molecule has 0 radical (unpaired) electrons. The Balaban J connectivity index is 2.06. The highest BCUT2D eigenvalue weighted by atomic mass is 16.5. The summed E-state index contributed by atoms with van der Waals surface area (Å²) < 4.78 is 7.08. The minimum atomic E-state index is -0.0373. The minimum Gasteiger partial charge on any atom is -0.465 e. The number of hydrogen-bond acceptors (Lipinski definition) is 3. The van der Waals surface area contributed by atoms with Crippen LogP contribution in [0.3, 0.4) is 0 Å². The average molecular weight is 208 g/mol. The average Bonchev–Trinajstić information content (AvgIpc) is 2.76. The van der Waals surface area contributed by atoms with Crippen molar-refractivity contribution in [2.75, 3.05) is 6.61 Å². The maximum absolute atomic E-state index is 11.4. The van der Waals surface area contributed by atoms with Gasteiger partial charge < -0.3 is 9.30 Å². The zero-order valence-corrected chi connectivity index (χ0v) is 9.14. The highest BCUT2D eigenvalue weighted by Crippen LogP contribution is 2.27. The largest absolute Gasteiger partial charge is 0.465 e. The van der Waals surface area contributed by atoms with Crippen molar-refractivity contribution in [1.82, 2.24) is 9.55 Å². The molecule has 15 heavy (non-hydrogen) atoms. The van der Waals surface area contributed by atoms with Crippen LogP contribution in [0.5, 0.6) is 0 Å². The normalized spacial score (nSPS) is 25.6. The van der Waals surface area contributed by atoms with Crippen molar-refractivity contribution in [1.29, 1.82) is 0 Å². The van der Waals surface area contributed by atoms with E-state index in [-0.39, 0.29) is 11.9 Å². The van der Waals surface area contributed by atoms with E-state index in [1.165, 1.54) is 0 Å². The third-order valence-electron chi connectivity index (χ3n) is 3.14. The van der Waals surface area contributed by atoms with Gasteiger partial charge in [-0.1, -0.05) is 6.92 Å². The molecule has 0 N–H and O–H groups in total. The van der Waals surface area contributed by atoms with E-state index >= 15 is 0 Å². The minimum absolute atomic E-state index is 0.0373. The number of cyclic esters (lactones) is 1. The first-order valence-corrected chi connectivity index (χ1v) is 5.34. The number of aryl methyl sites for hydroxylation is 1. The van der Waals surface area contributed by atoms with Gasteiger partial charge in [-0.3, -0.25) is 4.79 Å². The van der Waals surface area contributed by atoms with Crippen molar-refractivity contribution < 1.29 is 9.53 Å². The number of esters is 1. The first-order valence-electron chi connectivity index (χ1n) is 5.34. The third-order valence-corrected chi connectivity index (χ3v) is 3.14. The van der Waals surface area contributed by atoms with Gasteiger partial charge >= 0.3 is 5.97 Å². The van der Waals surface area contributed by atoms with Crippen LogP contribution in [0.2, 0.25) is 0 Å². The first kappa shape index (κ1) is 10.2. The van der Waals surface area contributed by atoms with Crippen LogP contribution in [-0.2, 0) is 23.0 Å². The molecule has 4 heteroatoms. The molecule has 1 aliphatic heterocycles. The van der Waals surface area contributed by atoms with Gasteiger partial charge in [-0.15, -0.1) is 0 Å². The van der Waals surface area contributed by atoms with Gasteiger partial charge in [0.1, 0.15) is 0 Å². The molecule has 0 spiro atoms. The molecule has 2 atom stereocenters. The van der Waals surface area contributed by atoms with E-state index in [1.807, 2.05) is 24.7 Å². The predicted octanol–water partition coefficient (Wildman–Crippen LogP) is 1.16. The van der Waals surface area contributed by atoms with Crippen LogP contribution in [0.25, 0.3) is 0 Å². The fraction of sp³-hybridized carbons (Fsp3) is 0.636. The van der Waals surface area contributed by atoms with Gasteiger partial charge in [0.15, 0.2) is 0 Å². The van der Waals surface area contributed by atoms with Gasteiger partial charge in [0.25, 0.3) is 0 Å². The van der Waals surface area contributed by atoms with Crippen LogP contribution in [0.15, 0.2) is 12.5 Å². The molecule has 2 heterocycles. The van der Waals surface area contributed by atoms with Crippen molar-refractivity contribution >= 4 is 5.97 Å². The van der Waals surface area contributed by atoms with Gasteiger partial charge in [0.05, 0.1) is 18.9 Å². The molecule has 1 fully saturated rings. The topological polar surface area (TPSA) is 44.1 Å². The lowest BCUT2D eigenvalue weighted by Gasteiger charge is -2.12. The van der Waals surface area contributed by atoms with E-state index in [2.05, 4.69) is 4.98 Å². The summed E-state index contributed by atoms with van der Waals surface area (Å²) in [6.45, 7) is 2.59. The van der Waals surface area contributed by atoms with Crippen LogP contribution in [0, 0.1) is 11.8 Å². The summed E-state index contributed by atoms with van der Waals surface area (Å²) in [6, 6.07) is 0. The van der Waals surface area contributed by atoms with Crippen molar-refractivity contribution in [2.45, 2.75) is 19.8 Å². The Labute approximate surface area is 89.3 Å². The maximum Gasteiger partial charge on any atom is 0.309 e. The fourth-order valence-corrected chi connectivity index (χ4v) is 2.16. The summed E-state index contributed by atoms with van der Waals surface area (Å²) in [5, 5.41) is 0. The predicted molar refractivity (Wildman–Crippen MR) is 55.1 cm³/mol. The molecule has 1 aromatic rings. The van der Waals surface area contributed by atoms with Crippen molar-refractivity contribution in [2.24, 2.45) is 18.9 Å². The highest BCUT2D eigenvalue weighted by molar-refractivity contribution is 5.74. The Kier molecular flexibility index (Phi) is 2.75. The second-order valence-corrected chi connectivity index (χ2v) is 4.10. The standard InChI is InChI=1S/C11H16N2O2/c1-3-10-8(6-15-11(10)14)4-9-5-12-7-13(9)2/h5,7-8,10H,3-4,6H2,1-2H3/t8-,10+/m1/s1. The summed E-state index contributed by atoms with van der Waals surface area (Å²) in [5.41, 5.74) is 1.16. The molecule has 0 aliphatic carbocycles. The van der Waals surface area contributed by atoms with E-state index < -0.39 is 0 Å². The Bertz CT molecular complexity index is 359. The quantitative estimate of drug-likeness (QED) is 0.700. The molecular formula is C11H16N2O2.